The van der Waals surface area contributed by atoms with E-state index in [0.717, 1.165) is 26.8 Å². The maximum Gasteiger partial charge on any atom is 0.178 e. The molecule has 0 saturated heterocycles. The van der Waals surface area contributed by atoms with Crippen molar-refractivity contribution < 1.29 is 0 Å². The maximum atomic E-state index is 5.40. The molecule has 0 aliphatic rings. The third kappa shape index (κ3) is 2.18. The van der Waals surface area contributed by atoms with Crippen LogP contribution >= 0.6 is 39.5 Å². The highest BCUT2D eigenvalue weighted by Crippen LogP contribution is 2.23. The molecule has 3 aromatic rings. The van der Waals surface area contributed by atoms with Crippen molar-refractivity contribution in [3.05, 3.63) is 49.3 Å². The molecule has 1 N–H and O–H groups in total. The number of thiophene rings is 1. The van der Waals surface area contributed by atoms with Crippen molar-refractivity contribution in [2.24, 2.45) is 0 Å². The van der Waals surface area contributed by atoms with Crippen molar-refractivity contribution >= 4 is 50.5 Å². The highest BCUT2D eigenvalue weighted by molar-refractivity contribution is 9.10. The van der Waals surface area contributed by atoms with Crippen LogP contribution in [0.25, 0.3) is 11.0 Å². The summed E-state index contributed by atoms with van der Waals surface area (Å²) >= 11 is 10.7. The predicted molar refractivity (Wildman–Crippen MR) is 83.0 cm³/mol. The van der Waals surface area contributed by atoms with E-state index in [2.05, 4.69) is 50.6 Å². The van der Waals surface area contributed by atoms with E-state index in [4.69, 9.17) is 12.2 Å². The highest BCUT2D eigenvalue weighted by atomic mass is 79.9. The Labute approximate surface area is 122 Å². The molecular weight excluding hydrogens is 328 g/mol. The topological polar surface area (TPSA) is 20.7 Å². The summed E-state index contributed by atoms with van der Waals surface area (Å²) < 4.78 is 3.98. The molecule has 1 aromatic carbocycles. The fourth-order valence-corrected chi connectivity index (χ4v) is 3.51. The van der Waals surface area contributed by atoms with Crippen LogP contribution in [0, 0.1) is 11.7 Å². The third-order valence-corrected chi connectivity index (χ3v) is 4.65. The normalized spacial score (nSPS) is 11.2. The maximum absolute atomic E-state index is 5.40. The van der Waals surface area contributed by atoms with Crippen LogP contribution in [0.3, 0.4) is 0 Å². The number of aryl methyl sites for hydroxylation is 1. The van der Waals surface area contributed by atoms with Gasteiger partial charge in [0.05, 0.1) is 17.6 Å². The van der Waals surface area contributed by atoms with Gasteiger partial charge in [-0.25, -0.2) is 0 Å². The minimum absolute atomic E-state index is 0.772. The van der Waals surface area contributed by atoms with Crippen molar-refractivity contribution in [3.63, 3.8) is 0 Å². The van der Waals surface area contributed by atoms with E-state index >= 15 is 0 Å². The lowest BCUT2D eigenvalue weighted by atomic mass is 10.3. The summed E-state index contributed by atoms with van der Waals surface area (Å²) in [4.78, 5) is 5.90. The van der Waals surface area contributed by atoms with Gasteiger partial charge in [0.2, 0.25) is 0 Å². The number of imidazole rings is 1. The molecule has 0 aliphatic carbocycles. The Balaban J connectivity index is 2.13. The summed E-state index contributed by atoms with van der Waals surface area (Å²) in [5.74, 6) is 0. The fourth-order valence-electron chi connectivity index (χ4n) is 2.01. The number of rotatable bonds is 2. The van der Waals surface area contributed by atoms with Crippen LogP contribution in [-0.2, 0) is 6.54 Å². The lowest BCUT2D eigenvalue weighted by Crippen LogP contribution is -1.97. The molecule has 0 atom stereocenters. The number of nitrogens with zero attached hydrogens (tertiary/aromatic N) is 1. The van der Waals surface area contributed by atoms with Crippen molar-refractivity contribution in [1.82, 2.24) is 9.55 Å². The van der Waals surface area contributed by atoms with Crippen LogP contribution in [0.15, 0.2) is 34.8 Å². The molecule has 2 nitrogen and oxygen atoms in total. The van der Waals surface area contributed by atoms with Gasteiger partial charge in [-0.05, 0) is 49.5 Å². The SMILES string of the molecule is Cc1ccc(Cn2c(=S)[nH]c3ccc(Br)cc32)s1. The Hall–Kier alpha value is -0.910. The zero-order valence-corrected chi connectivity index (χ0v) is 13.0. The number of benzene rings is 1. The van der Waals surface area contributed by atoms with Gasteiger partial charge in [0.25, 0.3) is 0 Å². The Morgan fingerprint density at radius 3 is 2.89 bits per heavy atom. The summed E-state index contributed by atoms with van der Waals surface area (Å²) in [5, 5.41) is 0. The van der Waals surface area contributed by atoms with E-state index in [-0.39, 0.29) is 0 Å². The summed E-state index contributed by atoms with van der Waals surface area (Å²) in [7, 11) is 0. The molecule has 92 valence electrons. The van der Waals surface area contributed by atoms with E-state index < -0.39 is 0 Å². The average molecular weight is 339 g/mol. The molecule has 0 fully saturated rings. The molecule has 0 radical (unpaired) electrons. The summed E-state index contributed by atoms with van der Waals surface area (Å²) in [6, 6.07) is 10.5. The second-order valence-corrected chi connectivity index (χ2v) is 6.86. The molecular formula is C13H11BrN2S2. The Kier molecular flexibility index (Phi) is 3.13. The summed E-state index contributed by atoms with van der Waals surface area (Å²) in [6.07, 6.45) is 0. The van der Waals surface area contributed by atoms with E-state index in [1.807, 2.05) is 23.5 Å². The van der Waals surface area contributed by atoms with Crippen LogP contribution < -0.4 is 0 Å². The molecule has 0 unspecified atom stereocenters. The molecule has 5 heteroatoms. The van der Waals surface area contributed by atoms with Crippen LogP contribution in [-0.4, -0.2) is 9.55 Å². The second-order valence-electron chi connectivity index (χ2n) is 4.19. The minimum atomic E-state index is 0.772. The van der Waals surface area contributed by atoms with Crippen molar-refractivity contribution in [2.45, 2.75) is 13.5 Å². The number of aromatic nitrogens is 2. The number of hydrogen-bond donors (Lipinski definition) is 1. The number of hydrogen-bond acceptors (Lipinski definition) is 2. The zero-order valence-electron chi connectivity index (χ0n) is 9.74. The van der Waals surface area contributed by atoms with Gasteiger partial charge in [-0.2, -0.15) is 0 Å². The molecule has 2 aromatic heterocycles. The molecule has 0 saturated carbocycles. The largest absolute Gasteiger partial charge is 0.331 e. The molecule has 2 heterocycles. The van der Waals surface area contributed by atoms with E-state index in [9.17, 15) is 0 Å². The first-order valence-corrected chi connectivity index (χ1v) is 7.58. The van der Waals surface area contributed by atoms with E-state index in [1.165, 1.54) is 9.75 Å². The average Bonchev–Trinajstić information content (AvgIpc) is 2.86. The quantitative estimate of drug-likeness (QED) is 0.660. The zero-order chi connectivity index (χ0) is 12.7. The number of aromatic amines is 1. The predicted octanol–water partition coefficient (Wildman–Crippen LogP) is 4.88. The molecule has 0 aliphatic heterocycles. The van der Waals surface area contributed by atoms with Gasteiger partial charge in [0, 0.05) is 14.2 Å². The molecule has 18 heavy (non-hydrogen) atoms. The standard InChI is InChI=1S/C13H11BrN2S2/c1-8-2-4-10(18-8)7-16-12-6-9(14)3-5-11(12)15-13(16)17/h2-6H,7H2,1H3,(H,15,17). The molecule has 0 amide bonds. The van der Waals surface area contributed by atoms with Gasteiger partial charge in [-0.3, -0.25) is 0 Å². The third-order valence-electron chi connectivity index (χ3n) is 2.85. The van der Waals surface area contributed by atoms with Crippen LogP contribution in [0.1, 0.15) is 9.75 Å². The number of halogens is 1. The monoisotopic (exact) mass is 338 g/mol. The molecule has 0 spiro atoms. The number of fused-ring (bicyclic) bond motifs is 1. The first-order chi connectivity index (χ1) is 8.63. The number of H-pyrrole nitrogens is 1. The number of nitrogens with one attached hydrogen (secondary N) is 1. The van der Waals surface area contributed by atoms with Gasteiger partial charge < -0.3 is 9.55 Å². The summed E-state index contributed by atoms with van der Waals surface area (Å²) in [6.45, 7) is 2.95. The van der Waals surface area contributed by atoms with Crippen LogP contribution in [0.5, 0.6) is 0 Å². The first-order valence-electron chi connectivity index (χ1n) is 5.57. The van der Waals surface area contributed by atoms with Gasteiger partial charge in [-0.1, -0.05) is 15.9 Å². The van der Waals surface area contributed by atoms with Gasteiger partial charge in [0.1, 0.15) is 0 Å². The van der Waals surface area contributed by atoms with Gasteiger partial charge in [0.15, 0.2) is 4.77 Å². The summed E-state index contributed by atoms with van der Waals surface area (Å²) in [5.41, 5.74) is 2.22. The van der Waals surface area contributed by atoms with Crippen molar-refractivity contribution in [1.29, 1.82) is 0 Å². The van der Waals surface area contributed by atoms with E-state index in [0.29, 0.717) is 0 Å². The highest BCUT2D eigenvalue weighted by Gasteiger charge is 2.06. The van der Waals surface area contributed by atoms with Crippen LogP contribution in [0.4, 0.5) is 0 Å². The Morgan fingerprint density at radius 2 is 2.17 bits per heavy atom. The van der Waals surface area contributed by atoms with Gasteiger partial charge >= 0.3 is 0 Å². The minimum Gasteiger partial charge on any atom is -0.331 e. The van der Waals surface area contributed by atoms with Crippen molar-refractivity contribution in [2.75, 3.05) is 0 Å². The smallest absolute Gasteiger partial charge is 0.178 e. The van der Waals surface area contributed by atoms with Gasteiger partial charge in [-0.15, -0.1) is 11.3 Å². The lowest BCUT2D eigenvalue weighted by molar-refractivity contribution is 0.823. The molecule has 0 bridgehead atoms. The van der Waals surface area contributed by atoms with Crippen molar-refractivity contribution in [3.8, 4) is 0 Å². The Morgan fingerprint density at radius 1 is 1.33 bits per heavy atom. The fraction of sp³-hybridized carbons (Fsp3) is 0.154. The Bertz CT molecular complexity index is 767. The molecule has 3 rings (SSSR count). The second kappa shape index (κ2) is 4.64. The lowest BCUT2D eigenvalue weighted by Gasteiger charge is -2.02. The first kappa shape index (κ1) is 12.1. The van der Waals surface area contributed by atoms with Crippen LogP contribution in [0.2, 0.25) is 0 Å². The van der Waals surface area contributed by atoms with E-state index in [1.54, 1.807) is 0 Å².